The smallest absolute Gasteiger partial charge is 0.341 e. The number of aromatic carboxylic acids is 1. The van der Waals surface area contributed by atoms with Crippen LogP contribution in [0.25, 0.3) is 44.9 Å². The Bertz CT molecular complexity index is 3390. The first kappa shape index (κ1) is 56.7. The fourth-order valence-corrected chi connectivity index (χ4v) is 10.1. The molecule has 0 aliphatic heterocycles. The number of aliphatic hydroxyl groups is 1. The Morgan fingerprint density at radius 2 is 0.974 bits per heavy atom. The number of carboxylic acid groups (broad SMARTS) is 1. The summed E-state index contributed by atoms with van der Waals surface area (Å²) in [5.41, 5.74) is 10.2. The lowest BCUT2D eigenvalue weighted by Crippen LogP contribution is -2.23. The van der Waals surface area contributed by atoms with Gasteiger partial charge in [-0.25, -0.2) is 4.79 Å². The maximum absolute atomic E-state index is 12.8. The van der Waals surface area contributed by atoms with Crippen molar-refractivity contribution in [2.45, 2.75) is 96.7 Å². The predicted octanol–water partition coefficient (Wildman–Crippen LogP) is 14.6. The largest absolute Gasteiger partial charge is 0.477 e. The molecule has 0 saturated heterocycles. The minimum Gasteiger partial charge on any atom is -0.477 e. The van der Waals surface area contributed by atoms with Gasteiger partial charge in [-0.1, -0.05) is 164 Å². The Kier molecular flexibility index (Phi) is 18.1. The molecular weight excluding hydrogens is 1120 g/mol. The van der Waals surface area contributed by atoms with Crippen LogP contribution in [0.4, 0.5) is 0 Å². The number of rotatable bonds is 16. The molecule has 78 heavy (non-hydrogen) atoms. The van der Waals surface area contributed by atoms with Gasteiger partial charge in [0.2, 0.25) is 0 Å². The lowest BCUT2D eigenvalue weighted by molar-refractivity contribution is -0.148. The standard InChI is InChI=1S/C32H30BrNO5.C23H21NO5.C8H9BrO/c1-4-37-31(36)32(16-17-32)26-14-12-23(13-15-26)22-8-10-24(11-9-22)30-28(20(2)34-39-30)19-29(35)38-21(3)25-6-5-7-27(33)18-25;1-3-28-22(27)23(12-13-23)18-10-8-16(9-11-18)15-4-6-17(7-5-15)20-19(21(25)26)14(2)24-29-20;1-6(10)7-3-2-4-8(9)5-7/h5-15,18,21H,4,16-17,19H2,1-3H3;4-11H,3,12-13H2,1-2H3,(H,25,26);2-6,10H,1H3/t21-;;6-/m1.1/s1. The highest BCUT2D eigenvalue weighted by molar-refractivity contribution is 9.10. The highest BCUT2D eigenvalue weighted by Crippen LogP contribution is 2.50. The monoisotopic (exact) mass is 1180 g/mol. The summed E-state index contributed by atoms with van der Waals surface area (Å²) in [5, 5.41) is 26.4. The zero-order valence-corrected chi connectivity index (χ0v) is 47.4. The Balaban J connectivity index is 0.000000180. The van der Waals surface area contributed by atoms with E-state index in [9.17, 15) is 24.3 Å². The zero-order valence-electron chi connectivity index (χ0n) is 44.2. The molecule has 0 bridgehead atoms. The van der Waals surface area contributed by atoms with Crippen LogP contribution < -0.4 is 0 Å². The van der Waals surface area contributed by atoms with E-state index in [1.807, 2.05) is 173 Å². The number of carbonyl (C=O) groups excluding carboxylic acids is 3. The average molecular weight is 1180 g/mol. The molecule has 2 fully saturated rings. The number of carboxylic acids is 1. The van der Waals surface area contributed by atoms with Crippen molar-refractivity contribution < 1.29 is 52.6 Å². The van der Waals surface area contributed by atoms with E-state index in [0.717, 1.165) is 84.7 Å². The van der Waals surface area contributed by atoms with Gasteiger partial charge in [-0.15, -0.1) is 0 Å². The van der Waals surface area contributed by atoms with Crippen LogP contribution in [0, 0.1) is 13.8 Å². The maximum atomic E-state index is 12.8. The Labute approximate surface area is 470 Å². The van der Waals surface area contributed by atoms with Gasteiger partial charge in [0.1, 0.15) is 11.7 Å². The minimum absolute atomic E-state index is 0.0639. The van der Waals surface area contributed by atoms with E-state index < -0.39 is 16.8 Å². The summed E-state index contributed by atoms with van der Waals surface area (Å²) < 4.78 is 29.0. The van der Waals surface area contributed by atoms with Crippen molar-refractivity contribution in [1.82, 2.24) is 10.3 Å². The normalized spacial score (nSPS) is 14.3. The van der Waals surface area contributed by atoms with Crippen LogP contribution in [0.5, 0.6) is 0 Å². The number of halogens is 2. The van der Waals surface area contributed by atoms with Crippen molar-refractivity contribution >= 4 is 55.7 Å². The number of nitrogens with zero attached hydrogens (tertiary/aromatic N) is 2. The number of hydrogen-bond acceptors (Lipinski definition) is 12. The molecule has 0 spiro atoms. The molecule has 2 atom stereocenters. The van der Waals surface area contributed by atoms with E-state index in [2.05, 4.69) is 42.2 Å². The van der Waals surface area contributed by atoms with Crippen molar-refractivity contribution in [3.8, 4) is 44.9 Å². The number of aliphatic hydroxyl groups excluding tert-OH is 1. The molecule has 2 aromatic heterocycles. The van der Waals surface area contributed by atoms with Crippen LogP contribution >= 0.6 is 31.9 Å². The number of benzene rings is 6. The van der Waals surface area contributed by atoms with E-state index in [-0.39, 0.29) is 47.9 Å². The second-order valence-electron chi connectivity index (χ2n) is 19.4. The predicted molar refractivity (Wildman–Crippen MR) is 303 cm³/mol. The van der Waals surface area contributed by atoms with Crippen molar-refractivity contribution in [3.63, 3.8) is 0 Å². The fourth-order valence-electron chi connectivity index (χ4n) is 9.22. The number of hydrogen-bond donors (Lipinski definition) is 2. The first-order valence-corrected chi connectivity index (χ1v) is 27.4. The molecule has 0 amide bonds. The molecule has 2 aliphatic carbocycles. The summed E-state index contributed by atoms with van der Waals surface area (Å²) >= 11 is 6.78. The molecule has 10 rings (SSSR count). The number of aryl methyl sites for hydroxylation is 2. The van der Waals surface area contributed by atoms with Gasteiger partial charge < -0.3 is 33.5 Å². The third-order valence-electron chi connectivity index (χ3n) is 14.0. The summed E-state index contributed by atoms with van der Waals surface area (Å²) in [7, 11) is 0. The Hall–Kier alpha value is -7.46. The number of esters is 3. The third kappa shape index (κ3) is 13.1. The quantitative estimate of drug-likeness (QED) is 0.0687. The number of carbonyl (C=O) groups is 4. The maximum Gasteiger partial charge on any atom is 0.341 e. The van der Waals surface area contributed by atoms with Crippen molar-refractivity contribution in [3.05, 3.63) is 199 Å². The molecular formula is C63H60Br2N2O11. The SMILES string of the molecule is CCOC(=O)C1(c2ccc(-c3ccc(-c4onc(C)c4C(=O)O)cc3)cc2)CC1.CCOC(=O)C1(c2ccc(-c3ccc(-c4onc(C)c4CC(=O)O[C@H](C)c4cccc(Br)c4)cc3)cc2)CC1.C[C@@H](O)c1cccc(Br)c1. The molecule has 2 aliphatic rings. The van der Waals surface area contributed by atoms with E-state index in [1.54, 1.807) is 13.8 Å². The first-order chi connectivity index (χ1) is 37.5. The van der Waals surface area contributed by atoms with Crippen LogP contribution in [0.3, 0.4) is 0 Å². The molecule has 2 saturated carbocycles. The van der Waals surface area contributed by atoms with E-state index in [0.29, 0.717) is 41.5 Å². The van der Waals surface area contributed by atoms with Gasteiger partial charge in [0.15, 0.2) is 11.5 Å². The molecule has 6 aromatic carbocycles. The van der Waals surface area contributed by atoms with Gasteiger partial charge in [-0.2, -0.15) is 0 Å². The van der Waals surface area contributed by atoms with Crippen LogP contribution in [0.2, 0.25) is 0 Å². The topological polar surface area (TPSA) is 188 Å². The summed E-state index contributed by atoms with van der Waals surface area (Å²) in [6.07, 6.45) is 2.61. The van der Waals surface area contributed by atoms with Gasteiger partial charge in [-0.05, 0) is 136 Å². The molecule has 13 nitrogen and oxygen atoms in total. The molecule has 15 heteroatoms. The fraction of sp³-hybridized carbons (Fsp3) is 0.270. The van der Waals surface area contributed by atoms with E-state index in [4.69, 9.17) is 28.4 Å². The summed E-state index contributed by atoms with van der Waals surface area (Å²) in [6.45, 7) is 11.5. The second kappa shape index (κ2) is 24.9. The van der Waals surface area contributed by atoms with Crippen molar-refractivity contribution in [2.24, 2.45) is 0 Å². The molecule has 0 unspecified atom stereocenters. The van der Waals surface area contributed by atoms with Gasteiger partial charge in [0, 0.05) is 25.6 Å². The molecule has 0 radical (unpaired) electrons. The van der Waals surface area contributed by atoms with E-state index in [1.165, 1.54) is 0 Å². The summed E-state index contributed by atoms with van der Waals surface area (Å²) in [4.78, 5) is 48.9. The minimum atomic E-state index is -1.06. The number of aromatic nitrogens is 2. The van der Waals surface area contributed by atoms with E-state index >= 15 is 0 Å². The molecule has 8 aromatic rings. The average Bonchev–Trinajstić information content (AvgIpc) is 4.45. The van der Waals surface area contributed by atoms with Gasteiger partial charge >= 0.3 is 23.9 Å². The highest BCUT2D eigenvalue weighted by atomic mass is 79.9. The van der Waals surface area contributed by atoms with Crippen LogP contribution in [-0.4, -0.2) is 57.6 Å². The molecule has 2 N–H and O–H groups in total. The number of ether oxygens (including phenoxy) is 3. The summed E-state index contributed by atoms with van der Waals surface area (Å²) in [5.74, 6) is -0.869. The van der Waals surface area contributed by atoms with Crippen molar-refractivity contribution in [2.75, 3.05) is 13.2 Å². The van der Waals surface area contributed by atoms with Gasteiger partial charge in [0.25, 0.3) is 0 Å². The van der Waals surface area contributed by atoms with Crippen LogP contribution in [0.15, 0.2) is 164 Å². The first-order valence-electron chi connectivity index (χ1n) is 25.8. The molecule has 2 heterocycles. The van der Waals surface area contributed by atoms with Crippen LogP contribution in [0.1, 0.15) is 115 Å². The second-order valence-corrected chi connectivity index (χ2v) is 21.2. The lowest BCUT2D eigenvalue weighted by atomic mass is 9.93. The van der Waals surface area contributed by atoms with Crippen LogP contribution in [-0.2, 0) is 45.8 Å². The Morgan fingerprint density at radius 1 is 0.577 bits per heavy atom. The lowest BCUT2D eigenvalue weighted by Gasteiger charge is -2.15. The van der Waals surface area contributed by atoms with Gasteiger partial charge in [0.05, 0.1) is 48.0 Å². The van der Waals surface area contributed by atoms with Crippen molar-refractivity contribution in [1.29, 1.82) is 0 Å². The third-order valence-corrected chi connectivity index (χ3v) is 15.0. The molecule has 402 valence electrons. The van der Waals surface area contributed by atoms with Gasteiger partial charge in [-0.3, -0.25) is 14.4 Å². The Morgan fingerprint density at radius 3 is 1.38 bits per heavy atom. The summed E-state index contributed by atoms with van der Waals surface area (Å²) in [6, 6.07) is 46.8. The zero-order chi connectivity index (χ0) is 55.7. The highest BCUT2D eigenvalue weighted by Gasteiger charge is 2.53.